The van der Waals surface area contributed by atoms with E-state index in [0.29, 0.717) is 6.61 Å². The fourth-order valence-corrected chi connectivity index (χ4v) is 4.83. The third kappa shape index (κ3) is 3.01. The lowest BCUT2D eigenvalue weighted by molar-refractivity contribution is -0.251. The van der Waals surface area contributed by atoms with E-state index in [-0.39, 0.29) is 34.9 Å². The average Bonchev–Trinajstić information content (AvgIpc) is 2.34. The molecule has 0 unspecified atom stereocenters. The minimum atomic E-state index is -1.96. The Hall–Kier alpha value is -0.723. The topological polar surface area (TPSA) is 55.8 Å². The van der Waals surface area contributed by atoms with Crippen LogP contribution in [0.1, 0.15) is 41.5 Å². The van der Waals surface area contributed by atoms with Gasteiger partial charge in [-0.25, -0.2) is 0 Å². The van der Waals surface area contributed by atoms with Gasteiger partial charge in [-0.3, -0.25) is 4.79 Å². The van der Waals surface area contributed by atoms with E-state index >= 15 is 0 Å². The third-order valence-corrected chi connectivity index (χ3v) is 10.4. The highest BCUT2D eigenvalue weighted by atomic mass is 28.4. The number of carbonyl (C=O) groups excluding carboxylic acids is 2. The van der Waals surface area contributed by atoms with Crippen molar-refractivity contribution < 1.29 is 18.8 Å². The summed E-state index contributed by atoms with van der Waals surface area (Å²) in [5, 5.41) is 0.0900. The Kier molecular flexibility index (Phi) is 4.59. The molecule has 2 heterocycles. The Morgan fingerprint density at radius 3 is 2.43 bits per heavy atom. The highest BCUT2D eigenvalue weighted by Crippen LogP contribution is 2.46. The molecule has 5 nitrogen and oxygen atoms in total. The molecule has 2 aliphatic heterocycles. The first-order chi connectivity index (χ1) is 10.3. The van der Waals surface area contributed by atoms with Crippen LogP contribution in [0, 0.1) is 11.8 Å². The first-order valence-electron chi connectivity index (χ1n) is 8.44. The second kappa shape index (κ2) is 5.67. The molecule has 0 radical (unpaired) electrons. The molecule has 0 N–H and O–H groups in total. The minimum Gasteiger partial charge on any atom is -0.413 e. The quantitative estimate of drug-likeness (QED) is 0.448. The lowest BCUT2D eigenvalue weighted by Gasteiger charge is -2.61. The zero-order chi connectivity index (χ0) is 17.8. The Balaban J connectivity index is 2.20. The van der Waals surface area contributed by atoms with Gasteiger partial charge in [-0.1, -0.05) is 20.8 Å². The maximum atomic E-state index is 12.7. The van der Waals surface area contributed by atoms with Crippen molar-refractivity contribution in [1.29, 1.82) is 0 Å². The first-order valence-corrected chi connectivity index (χ1v) is 11.3. The summed E-state index contributed by atoms with van der Waals surface area (Å²) in [5.74, 6) is -0.476. The van der Waals surface area contributed by atoms with E-state index in [1.165, 1.54) is 0 Å². The first kappa shape index (κ1) is 18.6. The number of amides is 1. The molecule has 0 aromatic heterocycles. The van der Waals surface area contributed by atoms with Gasteiger partial charge in [0.05, 0.1) is 30.6 Å². The molecule has 6 heteroatoms. The number of rotatable bonds is 4. The van der Waals surface area contributed by atoms with E-state index in [4.69, 9.17) is 9.16 Å². The van der Waals surface area contributed by atoms with Crippen LogP contribution in [0.15, 0.2) is 0 Å². The summed E-state index contributed by atoms with van der Waals surface area (Å²) in [6, 6.07) is -0.108. The highest BCUT2D eigenvalue weighted by molar-refractivity contribution is 6.74. The van der Waals surface area contributed by atoms with Gasteiger partial charge in [0.2, 0.25) is 5.91 Å². The van der Waals surface area contributed by atoms with Crippen LogP contribution in [-0.2, 0) is 18.8 Å². The number of nitrogens with zero attached hydrogens (tertiary/aromatic N) is 1. The lowest BCUT2D eigenvalue weighted by Crippen LogP contribution is -2.76. The number of fused-ring (bicyclic) bond motifs is 1. The van der Waals surface area contributed by atoms with Crippen LogP contribution in [0.25, 0.3) is 0 Å². The van der Waals surface area contributed by atoms with Crippen molar-refractivity contribution in [2.45, 2.75) is 77.5 Å². The molecular weight excluding hydrogens is 310 g/mol. The molecule has 23 heavy (non-hydrogen) atoms. The van der Waals surface area contributed by atoms with Gasteiger partial charge < -0.3 is 18.9 Å². The molecule has 2 aliphatic rings. The molecular formula is C17H31NO4Si. The fourth-order valence-electron chi connectivity index (χ4n) is 3.40. The monoisotopic (exact) mass is 341 g/mol. The minimum absolute atomic E-state index is 0.0396. The smallest absolute Gasteiger partial charge is 0.232 e. The van der Waals surface area contributed by atoms with E-state index in [1.807, 2.05) is 20.8 Å². The Morgan fingerprint density at radius 1 is 1.39 bits per heavy atom. The van der Waals surface area contributed by atoms with Crippen LogP contribution >= 0.6 is 0 Å². The van der Waals surface area contributed by atoms with Gasteiger partial charge in [0.1, 0.15) is 12.0 Å². The van der Waals surface area contributed by atoms with Crippen LogP contribution < -0.4 is 0 Å². The van der Waals surface area contributed by atoms with Crippen LogP contribution in [0.4, 0.5) is 0 Å². The van der Waals surface area contributed by atoms with Gasteiger partial charge in [0.25, 0.3) is 0 Å². The maximum Gasteiger partial charge on any atom is 0.232 e. The summed E-state index contributed by atoms with van der Waals surface area (Å²) in [5.41, 5.74) is -0.644. The summed E-state index contributed by atoms with van der Waals surface area (Å²) < 4.78 is 12.1. The standard InChI is InChI=1S/C17H31NO4Si/c1-11(22-23(7,8)16(2,3)4)13-14-12(9-19)10-21-17(5,6)18(14)15(13)20/h9,11-14H,10H2,1-8H3/t11-,12-,13-,14-/m1/s1. The summed E-state index contributed by atoms with van der Waals surface area (Å²) in [6.45, 7) is 17.1. The van der Waals surface area contributed by atoms with Gasteiger partial charge in [-0.05, 0) is 38.9 Å². The van der Waals surface area contributed by atoms with Crippen molar-refractivity contribution in [1.82, 2.24) is 4.90 Å². The predicted molar refractivity (Wildman–Crippen MR) is 91.5 cm³/mol. The Bertz CT molecular complexity index is 497. The summed E-state index contributed by atoms with van der Waals surface area (Å²) in [4.78, 5) is 25.9. The maximum absolute atomic E-state index is 12.7. The van der Waals surface area contributed by atoms with E-state index in [2.05, 4.69) is 33.9 Å². The normalized spacial score (nSPS) is 32.1. The molecule has 0 spiro atoms. The van der Waals surface area contributed by atoms with Crippen molar-refractivity contribution in [2.24, 2.45) is 11.8 Å². The molecule has 1 amide bonds. The number of β-lactam (4-membered cyclic amide) rings is 1. The average molecular weight is 342 g/mol. The van der Waals surface area contributed by atoms with Gasteiger partial charge in [-0.2, -0.15) is 0 Å². The largest absolute Gasteiger partial charge is 0.413 e. The van der Waals surface area contributed by atoms with Gasteiger partial charge >= 0.3 is 0 Å². The molecule has 2 saturated heterocycles. The van der Waals surface area contributed by atoms with E-state index in [0.717, 1.165) is 6.29 Å². The van der Waals surface area contributed by atoms with E-state index < -0.39 is 14.0 Å². The number of aldehydes is 1. The van der Waals surface area contributed by atoms with Crippen LogP contribution in [-0.4, -0.2) is 49.9 Å². The van der Waals surface area contributed by atoms with Crippen molar-refractivity contribution in [3.8, 4) is 0 Å². The molecule has 0 aliphatic carbocycles. The molecule has 0 aromatic carbocycles. The summed E-state index contributed by atoms with van der Waals surface area (Å²) >= 11 is 0. The molecule has 0 aromatic rings. The van der Waals surface area contributed by atoms with Crippen molar-refractivity contribution in [3.63, 3.8) is 0 Å². The zero-order valence-electron chi connectivity index (χ0n) is 15.7. The number of ether oxygens (including phenoxy) is 1. The van der Waals surface area contributed by atoms with Crippen LogP contribution in [0.5, 0.6) is 0 Å². The van der Waals surface area contributed by atoms with Gasteiger partial charge in [0.15, 0.2) is 8.32 Å². The molecule has 2 fully saturated rings. The zero-order valence-corrected chi connectivity index (χ0v) is 16.7. The molecule has 0 saturated carbocycles. The Morgan fingerprint density at radius 2 is 1.96 bits per heavy atom. The second-order valence-corrected chi connectivity index (χ2v) is 13.6. The lowest BCUT2D eigenvalue weighted by atomic mass is 9.74. The molecule has 2 rings (SSSR count). The van der Waals surface area contributed by atoms with Crippen LogP contribution in [0.2, 0.25) is 18.1 Å². The Labute approximate surface area is 140 Å². The molecule has 0 bridgehead atoms. The second-order valence-electron chi connectivity index (χ2n) is 8.87. The molecule has 132 valence electrons. The SMILES string of the molecule is C[C@@H](O[Si](C)(C)C(C)(C)C)[C@H]1C(=O)N2[C@@H]1[C@H](C=O)COC2(C)C. The number of hydrogen-bond acceptors (Lipinski definition) is 4. The predicted octanol–water partition coefficient (Wildman–Crippen LogP) is 2.81. The number of hydrogen-bond donors (Lipinski definition) is 0. The number of carbonyl (C=O) groups is 2. The van der Waals surface area contributed by atoms with Crippen molar-refractivity contribution >= 4 is 20.5 Å². The summed E-state index contributed by atoms with van der Waals surface area (Å²) in [6.07, 6.45) is 0.742. The fraction of sp³-hybridized carbons (Fsp3) is 0.882. The third-order valence-electron chi connectivity index (χ3n) is 5.80. The van der Waals surface area contributed by atoms with Gasteiger partial charge in [-0.15, -0.1) is 0 Å². The van der Waals surface area contributed by atoms with E-state index in [1.54, 1.807) is 4.90 Å². The summed E-state index contributed by atoms with van der Waals surface area (Å²) in [7, 11) is -1.96. The highest BCUT2D eigenvalue weighted by Gasteiger charge is 2.61. The van der Waals surface area contributed by atoms with E-state index in [9.17, 15) is 9.59 Å². The van der Waals surface area contributed by atoms with Crippen molar-refractivity contribution in [2.75, 3.05) is 6.61 Å². The van der Waals surface area contributed by atoms with Gasteiger partial charge in [0, 0.05) is 0 Å². The molecule has 4 atom stereocenters. The van der Waals surface area contributed by atoms with Crippen LogP contribution in [0.3, 0.4) is 0 Å². The van der Waals surface area contributed by atoms with Crippen molar-refractivity contribution in [3.05, 3.63) is 0 Å².